The molecular formula is C12H18N6O3. The van der Waals surface area contributed by atoms with E-state index in [4.69, 9.17) is 20.9 Å². The summed E-state index contributed by atoms with van der Waals surface area (Å²) in [4.78, 5) is 12.7. The molecule has 2 aromatic rings. The fourth-order valence-electron chi connectivity index (χ4n) is 2.57. The molecule has 0 bridgehead atoms. The molecule has 114 valence electrons. The van der Waals surface area contributed by atoms with E-state index in [2.05, 4.69) is 15.0 Å². The lowest BCUT2D eigenvalue weighted by Gasteiger charge is -2.14. The van der Waals surface area contributed by atoms with Gasteiger partial charge in [-0.05, 0) is 0 Å². The Morgan fingerprint density at radius 2 is 2.33 bits per heavy atom. The molecule has 0 radical (unpaired) electrons. The van der Waals surface area contributed by atoms with E-state index in [0.29, 0.717) is 29.2 Å². The van der Waals surface area contributed by atoms with Gasteiger partial charge in [-0.15, -0.1) is 0 Å². The molecule has 3 atom stereocenters. The number of aliphatic hydroxyl groups excluding tert-OH is 1. The molecule has 0 aromatic carbocycles. The van der Waals surface area contributed by atoms with Gasteiger partial charge in [0.2, 0.25) is 0 Å². The molecule has 1 aliphatic heterocycles. The fraction of sp³-hybridized carbons (Fsp3) is 0.583. The summed E-state index contributed by atoms with van der Waals surface area (Å²) in [5.41, 5.74) is 12.5. The number of rotatable bonds is 4. The Bertz CT molecular complexity index is 633. The molecule has 1 fully saturated rings. The van der Waals surface area contributed by atoms with E-state index < -0.39 is 0 Å². The molecule has 9 heteroatoms. The number of imidazole rings is 1. The summed E-state index contributed by atoms with van der Waals surface area (Å²) in [5, 5.41) is 9.33. The molecular weight excluding hydrogens is 276 g/mol. The normalized spacial score (nSPS) is 25.8. The van der Waals surface area contributed by atoms with Gasteiger partial charge in [-0.25, -0.2) is 15.0 Å². The van der Waals surface area contributed by atoms with Crippen molar-refractivity contribution >= 4 is 17.0 Å². The third kappa shape index (κ3) is 2.33. The number of hydrogen-bond acceptors (Lipinski definition) is 8. The number of methoxy groups -OCH3 is 1. The molecule has 3 rings (SSSR count). The zero-order valence-corrected chi connectivity index (χ0v) is 11.6. The Kier molecular flexibility index (Phi) is 3.72. The van der Waals surface area contributed by atoms with Crippen LogP contribution in [0.15, 0.2) is 6.33 Å². The molecule has 0 amide bonds. The second-order valence-electron chi connectivity index (χ2n) is 4.87. The van der Waals surface area contributed by atoms with Crippen molar-refractivity contribution in [2.24, 2.45) is 5.73 Å². The molecule has 0 saturated carbocycles. The number of nitrogens with zero attached hydrogens (tertiary/aromatic N) is 4. The molecule has 5 N–H and O–H groups in total. The van der Waals surface area contributed by atoms with Crippen molar-refractivity contribution in [3.63, 3.8) is 0 Å². The van der Waals surface area contributed by atoms with E-state index in [-0.39, 0.29) is 31.6 Å². The number of ether oxygens (including phenoxy) is 2. The summed E-state index contributed by atoms with van der Waals surface area (Å²) < 4.78 is 12.9. The Hall–Kier alpha value is -1.81. The van der Waals surface area contributed by atoms with Gasteiger partial charge in [-0.1, -0.05) is 0 Å². The Balaban J connectivity index is 2.00. The first-order valence-corrected chi connectivity index (χ1v) is 6.66. The highest BCUT2D eigenvalue weighted by Crippen LogP contribution is 2.32. The van der Waals surface area contributed by atoms with Crippen LogP contribution in [0.25, 0.3) is 11.2 Å². The molecule has 0 aliphatic carbocycles. The highest BCUT2D eigenvalue weighted by molar-refractivity contribution is 5.81. The van der Waals surface area contributed by atoms with Gasteiger partial charge < -0.3 is 26.0 Å². The zero-order valence-electron chi connectivity index (χ0n) is 11.6. The smallest absolute Gasteiger partial charge is 0.167 e. The number of hydrogen-bond donors (Lipinski definition) is 3. The maximum Gasteiger partial charge on any atom is 0.167 e. The quantitative estimate of drug-likeness (QED) is 0.664. The zero-order chi connectivity index (χ0) is 15.0. The monoisotopic (exact) mass is 294 g/mol. The van der Waals surface area contributed by atoms with Crippen LogP contribution in [0.5, 0.6) is 0 Å². The summed E-state index contributed by atoms with van der Waals surface area (Å²) in [6, 6.07) is 0. The van der Waals surface area contributed by atoms with E-state index in [9.17, 15) is 5.11 Å². The molecule has 0 spiro atoms. The lowest BCUT2D eigenvalue weighted by molar-refractivity contribution is -0.0512. The van der Waals surface area contributed by atoms with E-state index in [0.717, 1.165) is 0 Å². The third-order valence-electron chi connectivity index (χ3n) is 3.65. The van der Waals surface area contributed by atoms with Crippen molar-refractivity contribution in [3.05, 3.63) is 12.2 Å². The first-order chi connectivity index (χ1) is 10.2. The summed E-state index contributed by atoms with van der Waals surface area (Å²) in [6.07, 6.45) is 1.33. The van der Waals surface area contributed by atoms with Crippen LogP contribution < -0.4 is 11.5 Å². The van der Waals surface area contributed by atoms with Crippen molar-refractivity contribution in [3.8, 4) is 0 Å². The van der Waals surface area contributed by atoms with Crippen molar-refractivity contribution < 1.29 is 14.6 Å². The largest absolute Gasteiger partial charge is 0.394 e. The lowest BCUT2D eigenvalue weighted by atomic mass is 10.2. The minimum atomic E-state index is -0.370. The average Bonchev–Trinajstić information content (AvgIpc) is 3.09. The Morgan fingerprint density at radius 1 is 1.52 bits per heavy atom. The SMILES string of the molecule is COC1CC(n2cnc3c(N)nc(CN)nc32)OC1CO. The predicted molar refractivity (Wildman–Crippen MR) is 74.0 cm³/mol. The highest BCUT2D eigenvalue weighted by Gasteiger charge is 2.36. The second-order valence-corrected chi connectivity index (χ2v) is 4.87. The van der Waals surface area contributed by atoms with Crippen LogP contribution in [-0.4, -0.2) is 50.6 Å². The Morgan fingerprint density at radius 3 is 2.95 bits per heavy atom. The van der Waals surface area contributed by atoms with Gasteiger partial charge in [0.1, 0.15) is 23.7 Å². The van der Waals surface area contributed by atoms with Gasteiger partial charge in [0.05, 0.1) is 25.6 Å². The minimum absolute atomic E-state index is 0.104. The van der Waals surface area contributed by atoms with Crippen LogP contribution >= 0.6 is 0 Å². The van der Waals surface area contributed by atoms with E-state index in [1.807, 2.05) is 0 Å². The van der Waals surface area contributed by atoms with Crippen LogP contribution in [0, 0.1) is 0 Å². The first-order valence-electron chi connectivity index (χ1n) is 6.66. The third-order valence-corrected chi connectivity index (χ3v) is 3.65. The summed E-state index contributed by atoms with van der Waals surface area (Å²) in [7, 11) is 1.60. The van der Waals surface area contributed by atoms with Gasteiger partial charge >= 0.3 is 0 Å². The van der Waals surface area contributed by atoms with Crippen molar-refractivity contribution in [1.29, 1.82) is 0 Å². The standard InChI is InChI=1S/C12H18N6O3/c1-20-6-2-9(21-7(6)4-19)18-5-15-10-11(14)16-8(3-13)17-12(10)18/h5-7,9,19H,2-4,13H2,1H3,(H2,14,16,17). The molecule has 1 aliphatic rings. The van der Waals surface area contributed by atoms with Crippen molar-refractivity contribution in [2.75, 3.05) is 19.5 Å². The molecule has 1 saturated heterocycles. The molecule has 2 aromatic heterocycles. The van der Waals surface area contributed by atoms with Crippen LogP contribution in [0.2, 0.25) is 0 Å². The molecule has 3 heterocycles. The number of nitrogens with two attached hydrogens (primary N) is 2. The lowest BCUT2D eigenvalue weighted by Crippen LogP contribution is -2.26. The topological polar surface area (TPSA) is 134 Å². The number of nitrogen functional groups attached to an aromatic ring is 1. The van der Waals surface area contributed by atoms with Gasteiger partial charge in [0.25, 0.3) is 0 Å². The average molecular weight is 294 g/mol. The van der Waals surface area contributed by atoms with E-state index in [1.165, 1.54) is 0 Å². The fourth-order valence-corrected chi connectivity index (χ4v) is 2.57. The van der Waals surface area contributed by atoms with Gasteiger partial charge in [0.15, 0.2) is 11.5 Å². The summed E-state index contributed by atoms with van der Waals surface area (Å²) >= 11 is 0. The van der Waals surface area contributed by atoms with Gasteiger partial charge in [0, 0.05) is 13.5 Å². The number of fused-ring (bicyclic) bond motifs is 1. The molecule has 9 nitrogen and oxygen atoms in total. The predicted octanol–water partition coefficient (Wildman–Crippen LogP) is -0.838. The summed E-state index contributed by atoms with van der Waals surface area (Å²) in [5.74, 6) is 0.737. The number of aliphatic hydroxyl groups is 1. The van der Waals surface area contributed by atoms with Crippen molar-refractivity contribution in [1.82, 2.24) is 19.5 Å². The Labute approximate surface area is 120 Å². The maximum atomic E-state index is 9.33. The van der Waals surface area contributed by atoms with Crippen LogP contribution in [-0.2, 0) is 16.0 Å². The highest BCUT2D eigenvalue weighted by atomic mass is 16.6. The van der Waals surface area contributed by atoms with Gasteiger partial charge in [-0.3, -0.25) is 4.57 Å². The molecule has 21 heavy (non-hydrogen) atoms. The maximum absolute atomic E-state index is 9.33. The van der Waals surface area contributed by atoms with Crippen LogP contribution in [0.1, 0.15) is 18.5 Å². The van der Waals surface area contributed by atoms with Gasteiger partial charge in [-0.2, -0.15) is 0 Å². The van der Waals surface area contributed by atoms with Crippen molar-refractivity contribution in [2.45, 2.75) is 31.4 Å². The minimum Gasteiger partial charge on any atom is -0.394 e. The summed E-state index contributed by atoms with van der Waals surface area (Å²) in [6.45, 7) is 0.0869. The second kappa shape index (κ2) is 5.53. The number of anilines is 1. The van der Waals surface area contributed by atoms with E-state index in [1.54, 1.807) is 18.0 Å². The van der Waals surface area contributed by atoms with E-state index >= 15 is 0 Å². The van der Waals surface area contributed by atoms with Crippen LogP contribution in [0.4, 0.5) is 5.82 Å². The first kappa shape index (κ1) is 14.1. The van der Waals surface area contributed by atoms with Crippen LogP contribution in [0.3, 0.4) is 0 Å². The number of aromatic nitrogens is 4. The molecule has 3 unspecified atom stereocenters.